The number of H-pyrrole nitrogens is 1. The second kappa shape index (κ2) is 9.19. The molecule has 0 saturated carbocycles. The van der Waals surface area contributed by atoms with Crippen LogP contribution in [-0.2, 0) is 11.2 Å². The van der Waals surface area contributed by atoms with Crippen LogP contribution in [0.3, 0.4) is 0 Å². The molecule has 3 aromatic heterocycles. The predicted octanol–water partition coefficient (Wildman–Crippen LogP) is 3.58. The van der Waals surface area contributed by atoms with E-state index < -0.39 is 5.60 Å². The van der Waals surface area contributed by atoms with Crippen LogP contribution >= 0.6 is 11.6 Å². The van der Waals surface area contributed by atoms with Gasteiger partial charge >= 0.3 is 0 Å². The number of piperidine rings is 1. The van der Waals surface area contributed by atoms with Crippen molar-refractivity contribution in [2.75, 3.05) is 31.6 Å². The lowest BCUT2D eigenvalue weighted by molar-refractivity contribution is -0.133. The number of rotatable bonds is 6. The number of amides is 1. The maximum Gasteiger partial charge on any atom is 0.222 e. The largest absolute Gasteiger partial charge is 0.386 e. The Morgan fingerprint density at radius 3 is 3.00 bits per heavy atom. The third-order valence-corrected chi connectivity index (χ3v) is 6.63. The van der Waals surface area contributed by atoms with Gasteiger partial charge in [0.2, 0.25) is 5.91 Å². The molecule has 0 bridgehead atoms. The summed E-state index contributed by atoms with van der Waals surface area (Å²) in [5.41, 5.74) is 3.30. The number of pyridine rings is 2. The highest BCUT2D eigenvalue weighted by Gasteiger charge is 2.36. The van der Waals surface area contributed by atoms with Crippen molar-refractivity contribution in [1.29, 1.82) is 0 Å². The molecule has 1 atom stereocenters. The summed E-state index contributed by atoms with van der Waals surface area (Å²) >= 11 is 6.04. The number of likely N-dealkylation sites (N-methyl/N-ethyl adjacent to an activating group) is 1. The molecular formula is C25H27ClN6O2. The number of aliphatic hydroxyl groups is 1. The number of hydrogen-bond donors (Lipinski definition) is 2. The number of hydrogen-bond acceptors (Lipinski definition) is 6. The molecule has 34 heavy (non-hydrogen) atoms. The fourth-order valence-electron chi connectivity index (χ4n) is 4.77. The molecule has 1 aromatic carbocycles. The first-order chi connectivity index (χ1) is 16.4. The van der Waals surface area contributed by atoms with E-state index in [9.17, 15) is 9.90 Å². The number of fused-ring (bicyclic) bond motifs is 2. The molecule has 1 aliphatic rings. The van der Waals surface area contributed by atoms with Crippen molar-refractivity contribution < 1.29 is 9.90 Å². The summed E-state index contributed by atoms with van der Waals surface area (Å²) in [6, 6.07) is 11.2. The van der Waals surface area contributed by atoms with Crippen molar-refractivity contribution in [3.05, 3.63) is 59.6 Å². The maximum atomic E-state index is 12.8. The Hall–Kier alpha value is -3.23. The van der Waals surface area contributed by atoms with E-state index >= 15 is 0 Å². The predicted molar refractivity (Wildman–Crippen MR) is 133 cm³/mol. The Balaban J connectivity index is 1.23. The number of aryl methyl sites for hydroxylation is 1. The van der Waals surface area contributed by atoms with Gasteiger partial charge in [0.05, 0.1) is 34.4 Å². The number of halogens is 1. The molecule has 8 nitrogen and oxygen atoms in total. The van der Waals surface area contributed by atoms with Gasteiger partial charge in [0.1, 0.15) is 11.3 Å². The average Bonchev–Trinajstić information content (AvgIpc) is 3.24. The molecule has 0 aliphatic carbocycles. The number of anilines is 1. The first kappa shape index (κ1) is 22.6. The van der Waals surface area contributed by atoms with Crippen molar-refractivity contribution in [3.63, 3.8) is 0 Å². The van der Waals surface area contributed by atoms with E-state index in [1.807, 2.05) is 30.3 Å². The van der Waals surface area contributed by atoms with Crippen molar-refractivity contribution in [1.82, 2.24) is 24.8 Å². The van der Waals surface area contributed by atoms with Gasteiger partial charge in [-0.25, -0.2) is 4.98 Å². The van der Waals surface area contributed by atoms with Crippen LogP contribution in [0.5, 0.6) is 0 Å². The lowest BCUT2D eigenvalue weighted by atomic mass is 9.91. The average molecular weight is 479 g/mol. The van der Waals surface area contributed by atoms with Gasteiger partial charge in [0.15, 0.2) is 0 Å². The second-order valence-electron chi connectivity index (χ2n) is 9.05. The van der Waals surface area contributed by atoms with Gasteiger partial charge < -0.3 is 19.9 Å². The van der Waals surface area contributed by atoms with Crippen molar-refractivity contribution in [2.45, 2.75) is 31.3 Å². The molecule has 2 N–H and O–H groups in total. The van der Waals surface area contributed by atoms with Crippen LogP contribution in [0.25, 0.3) is 22.1 Å². The SMILES string of the molecule is CN(C[C@@]1(O)CCCN(c2ccnc3cccnc23)C1)C(=O)CCc1nc2ccc(Cl)cc2[nH]1. The molecule has 176 valence electrons. The van der Waals surface area contributed by atoms with E-state index in [-0.39, 0.29) is 12.5 Å². The monoisotopic (exact) mass is 478 g/mol. The Morgan fingerprint density at radius 1 is 1.24 bits per heavy atom. The maximum absolute atomic E-state index is 12.8. The third kappa shape index (κ3) is 4.69. The standard InChI is InChI=1S/C25H27ClN6O2/c1-31(23(33)8-7-22-29-18-6-5-17(26)14-20(18)30-22)15-25(34)10-3-13-32(16-25)21-9-12-27-19-4-2-11-28-24(19)21/h2,4-6,9,11-12,14,34H,3,7-8,10,13,15-16H2,1H3,(H,29,30)/t25-/m0/s1. The van der Waals surface area contributed by atoms with E-state index in [0.29, 0.717) is 30.8 Å². The smallest absolute Gasteiger partial charge is 0.222 e. The van der Waals surface area contributed by atoms with Gasteiger partial charge in [0.25, 0.3) is 0 Å². The molecule has 9 heteroatoms. The lowest BCUT2D eigenvalue weighted by Crippen LogP contribution is -2.54. The molecule has 0 spiro atoms. The molecule has 0 radical (unpaired) electrons. The molecule has 1 amide bonds. The zero-order chi connectivity index (χ0) is 23.7. The first-order valence-corrected chi connectivity index (χ1v) is 11.8. The van der Waals surface area contributed by atoms with E-state index in [1.54, 1.807) is 30.4 Å². The van der Waals surface area contributed by atoms with Gasteiger partial charge in [-0.15, -0.1) is 0 Å². The zero-order valence-electron chi connectivity index (χ0n) is 19.0. The van der Waals surface area contributed by atoms with Gasteiger partial charge in [-0.3, -0.25) is 14.8 Å². The minimum atomic E-state index is -0.997. The summed E-state index contributed by atoms with van der Waals surface area (Å²) in [5, 5.41) is 12.0. The molecule has 1 fully saturated rings. The highest BCUT2D eigenvalue weighted by molar-refractivity contribution is 6.31. The minimum Gasteiger partial charge on any atom is -0.386 e. The minimum absolute atomic E-state index is 0.0277. The fraction of sp³-hybridized carbons (Fsp3) is 0.360. The normalized spacial score (nSPS) is 18.5. The molecule has 0 unspecified atom stereocenters. The number of nitrogens with one attached hydrogen (secondary N) is 1. The van der Waals surface area contributed by atoms with Crippen LogP contribution in [0.1, 0.15) is 25.1 Å². The van der Waals surface area contributed by atoms with Crippen LogP contribution in [-0.4, -0.2) is 68.1 Å². The summed E-state index contributed by atoms with van der Waals surface area (Å²) < 4.78 is 0. The highest BCUT2D eigenvalue weighted by atomic mass is 35.5. The molecule has 4 heterocycles. The number of carbonyl (C=O) groups is 1. The van der Waals surface area contributed by atoms with Gasteiger partial charge in [-0.2, -0.15) is 0 Å². The number of aromatic amines is 1. The Morgan fingerprint density at radius 2 is 2.12 bits per heavy atom. The number of β-amino-alcohol motifs (C(OH)–C–C–N with tert-alkyl or cyclic N) is 1. The Bertz CT molecular complexity index is 1340. The van der Waals surface area contributed by atoms with Crippen LogP contribution in [0.4, 0.5) is 5.69 Å². The van der Waals surface area contributed by atoms with Crippen molar-refractivity contribution in [3.8, 4) is 0 Å². The Labute approximate surface area is 202 Å². The molecule has 4 aromatic rings. The van der Waals surface area contributed by atoms with E-state index in [0.717, 1.165) is 46.5 Å². The number of benzene rings is 1. The Kier molecular flexibility index (Phi) is 6.10. The number of aromatic nitrogens is 4. The van der Waals surface area contributed by atoms with Crippen LogP contribution in [0.15, 0.2) is 48.8 Å². The molecule has 5 rings (SSSR count). The van der Waals surface area contributed by atoms with Crippen molar-refractivity contribution in [2.24, 2.45) is 0 Å². The lowest BCUT2D eigenvalue weighted by Gasteiger charge is -2.42. The van der Waals surface area contributed by atoms with Crippen LogP contribution in [0.2, 0.25) is 5.02 Å². The van der Waals surface area contributed by atoms with Crippen LogP contribution in [0, 0.1) is 0 Å². The molecule has 1 saturated heterocycles. The summed E-state index contributed by atoms with van der Waals surface area (Å²) in [4.78, 5) is 33.3. The van der Waals surface area contributed by atoms with Crippen molar-refractivity contribution >= 4 is 45.3 Å². The quantitative estimate of drug-likeness (QED) is 0.439. The third-order valence-electron chi connectivity index (χ3n) is 6.40. The molecular weight excluding hydrogens is 452 g/mol. The van der Waals surface area contributed by atoms with Gasteiger partial charge in [-0.05, 0) is 49.2 Å². The molecule has 1 aliphatic heterocycles. The van der Waals surface area contributed by atoms with E-state index in [4.69, 9.17) is 11.6 Å². The topological polar surface area (TPSA) is 98.2 Å². The summed E-state index contributed by atoms with van der Waals surface area (Å²) in [6.45, 7) is 1.53. The number of nitrogens with zero attached hydrogens (tertiary/aromatic N) is 5. The first-order valence-electron chi connectivity index (χ1n) is 11.5. The van der Waals surface area contributed by atoms with Crippen LogP contribution < -0.4 is 4.90 Å². The second-order valence-corrected chi connectivity index (χ2v) is 9.48. The number of carbonyl (C=O) groups excluding carboxylic acids is 1. The van der Waals surface area contributed by atoms with Gasteiger partial charge in [-0.1, -0.05) is 11.6 Å². The van der Waals surface area contributed by atoms with E-state index in [1.165, 1.54) is 0 Å². The van der Waals surface area contributed by atoms with Gasteiger partial charge in [0, 0.05) is 50.4 Å². The van der Waals surface area contributed by atoms with E-state index in [2.05, 4.69) is 24.8 Å². The number of imidazole rings is 1. The fourth-order valence-corrected chi connectivity index (χ4v) is 4.94. The summed E-state index contributed by atoms with van der Waals surface area (Å²) in [7, 11) is 1.75. The highest BCUT2D eigenvalue weighted by Crippen LogP contribution is 2.30. The summed E-state index contributed by atoms with van der Waals surface area (Å²) in [6.07, 6.45) is 5.80. The zero-order valence-corrected chi connectivity index (χ0v) is 19.8. The summed E-state index contributed by atoms with van der Waals surface area (Å²) in [5.74, 6) is 0.721.